The van der Waals surface area contributed by atoms with Gasteiger partial charge in [0.05, 0.1) is 5.54 Å². The van der Waals surface area contributed by atoms with E-state index in [1.165, 1.54) is 11.1 Å². The minimum atomic E-state index is -0.759. The van der Waals surface area contributed by atoms with Gasteiger partial charge in [-0.2, -0.15) is 0 Å². The minimum absolute atomic E-state index is 0. The van der Waals surface area contributed by atoms with Crippen molar-refractivity contribution in [2.45, 2.75) is 64.8 Å². The van der Waals surface area contributed by atoms with Gasteiger partial charge in [0.2, 0.25) is 5.91 Å². The zero-order chi connectivity index (χ0) is 16.1. The van der Waals surface area contributed by atoms with Crippen LogP contribution in [-0.4, -0.2) is 18.0 Å². The lowest BCUT2D eigenvalue weighted by Gasteiger charge is -2.23. The third-order valence-corrected chi connectivity index (χ3v) is 3.81. The molecular formula is C18H31ClN2O. The Labute approximate surface area is 141 Å². The average Bonchev–Trinajstić information content (AvgIpc) is 2.38. The Morgan fingerprint density at radius 3 is 2.14 bits per heavy atom. The first kappa shape index (κ1) is 20.9. The van der Waals surface area contributed by atoms with Crippen molar-refractivity contribution in [3.63, 3.8) is 0 Å². The maximum Gasteiger partial charge on any atom is 0.239 e. The summed E-state index contributed by atoms with van der Waals surface area (Å²) in [5.74, 6) is -0.0596. The minimum Gasteiger partial charge on any atom is -0.354 e. The van der Waals surface area contributed by atoms with E-state index in [4.69, 9.17) is 5.73 Å². The molecule has 0 heterocycles. The molecular weight excluding hydrogens is 296 g/mol. The van der Waals surface area contributed by atoms with E-state index in [0.717, 1.165) is 12.8 Å². The van der Waals surface area contributed by atoms with Gasteiger partial charge in [-0.25, -0.2) is 0 Å². The van der Waals surface area contributed by atoms with Crippen LogP contribution in [0.25, 0.3) is 0 Å². The summed E-state index contributed by atoms with van der Waals surface area (Å²) in [5, 5.41) is 2.94. The molecule has 1 atom stereocenters. The first-order valence-corrected chi connectivity index (χ1v) is 7.83. The molecule has 0 bridgehead atoms. The van der Waals surface area contributed by atoms with Crippen LogP contribution in [0.1, 0.15) is 58.6 Å². The quantitative estimate of drug-likeness (QED) is 0.839. The van der Waals surface area contributed by atoms with Gasteiger partial charge in [-0.3, -0.25) is 4.79 Å². The molecule has 0 fully saturated rings. The Hall–Kier alpha value is -1.06. The van der Waals surface area contributed by atoms with Crippen molar-refractivity contribution in [2.75, 3.05) is 6.54 Å². The van der Waals surface area contributed by atoms with Crippen LogP contribution >= 0.6 is 12.4 Å². The molecule has 0 spiro atoms. The van der Waals surface area contributed by atoms with Crippen molar-refractivity contribution >= 4 is 18.3 Å². The Balaban J connectivity index is 0.00000441. The molecule has 1 aromatic rings. The summed E-state index contributed by atoms with van der Waals surface area (Å²) in [6, 6.07) is 8.61. The number of rotatable bonds is 6. The van der Waals surface area contributed by atoms with Gasteiger partial charge in [0, 0.05) is 6.54 Å². The van der Waals surface area contributed by atoms with Crippen molar-refractivity contribution < 1.29 is 4.79 Å². The third kappa shape index (κ3) is 6.37. The Bertz CT molecular complexity index is 461. The first-order valence-electron chi connectivity index (χ1n) is 7.83. The van der Waals surface area contributed by atoms with Crippen LogP contribution in [0.3, 0.4) is 0 Å². The second-order valence-corrected chi connectivity index (χ2v) is 7.12. The fraction of sp³-hybridized carbons (Fsp3) is 0.611. The van der Waals surface area contributed by atoms with Crippen molar-refractivity contribution in [1.82, 2.24) is 5.32 Å². The molecule has 0 aliphatic heterocycles. The van der Waals surface area contributed by atoms with Gasteiger partial charge in [0.25, 0.3) is 0 Å². The Morgan fingerprint density at radius 2 is 1.68 bits per heavy atom. The summed E-state index contributed by atoms with van der Waals surface area (Å²) in [4.78, 5) is 12.0. The van der Waals surface area contributed by atoms with Gasteiger partial charge in [-0.1, -0.05) is 58.4 Å². The number of nitrogens with one attached hydrogen (secondary N) is 1. The van der Waals surface area contributed by atoms with Crippen LogP contribution in [-0.2, 0) is 16.6 Å². The molecule has 0 radical (unpaired) electrons. The number of carbonyl (C=O) groups excluding carboxylic acids is 1. The van der Waals surface area contributed by atoms with Gasteiger partial charge < -0.3 is 11.1 Å². The molecule has 0 aliphatic carbocycles. The van der Waals surface area contributed by atoms with E-state index in [2.05, 4.69) is 50.4 Å². The van der Waals surface area contributed by atoms with Gasteiger partial charge >= 0.3 is 0 Å². The highest BCUT2D eigenvalue weighted by Crippen LogP contribution is 2.22. The summed E-state index contributed by atoms with van der Waals surface area (Å²) in [6.45, 7) is 11.1. The predicted octanol–water partition coefficient (Wildman–Crippen LogP) is 3.58. The predicted molar refractivity (Wildman–Crippen MR) is 96.6 cm³/mol. The maximum atomic E-state index is 12.0. The van der Waals surface area contributed by atoms with Crippen LogP contribution < -0.4 is 11.1 Å². The molecule has 4 heteroatoms. The highest BCUT2D eigenvalue weighted by molar-refractivity contribution is 5.85. The molecule has 0 saturated heterocycles. The zero-order valence-corrected chi connectivity index (χ0v) is 15.3. The zero-order valence-electron chi connectivity index (χ0n) is 14.5. The number of benzene rings is 1. The fourth-order valence-corrected chi connectivity index (χ4v) is 2.33. The molecule has 126 valence electrons. The number of nitrogens with two attached hydrogens (primary N) is 1. The van der Waals surface area contributed by atoms with Gasteiger partial charge in [0.15, 0.2) is 0 Å². The highest BCUT2D eigenvalue weighted by Gasteiger charge is 2.26. The number of hydrogen-bond donors (Lipinski definition) is 2. The average molecular weight is 327 g/mol. The van der Waals surface area contributed by atoms with Crippen LogP contribution in [0.4, 0.5) is 0 Å². The lowest BCUT2D eigenvalue weighted by Crippen LogP contribution is -2.51. The Kier molecular flexibility index (Phi) is 8.13. The van der Waals surface area contributed by atoms with E-state index in [1.54, 1.807) is 6.92 Å². The molecule has 0 saturated carbocycles. The second-order valence-electron chi connectivity index (χ2n) is 7.12. The van der Waals surface area contributed by atoms with E-state index < -0.39 is 5.54 Å². The van der Waals surface area contributed by atoms with Crippen molar-refractivity contribution in [2.24, 2.45) is 5.73 Å². The molecule has 0 aliphatic rings. The summed E-state index contributed by atoms with van der Waals surface area (Å²) >= 11 is 0. The van der Waals surface area contributed by atoms with E-state index in [1.807, 2.05) is 6.92 Å². The van der Waals surface area contributed by atoms with E-state index in [0.29, 0.717) is 13.0 Å². The fourth-order valence-electron chi connectivity index (χ4n) is 2.33. The molecule has 3 nitrogen and oxygen atoms in total. The van der Waals surface area contributed by atoms with Gasteiger partial charge in [0.1, 0.15) is 0 Å². The molecule has 1 unspecified atom stereocenters. The number of halogens is 1. The smallest absolute Gasteiger partial charge is 0.239 e. The summed E-state index contributed by atoms with van der Waals surface area (Å²) in [5.41, 5.74) is 7.98. The van der Waals surface area contributed by atoms with E-state index >= 15 is 0 Å². The lowest BCUT2D eigenvalue weighted by molar-refractivity contribution is -0.126. The monoisotopic (exact) mass is 326 g/mol. The molecule has 0 aromatic heterocycles. The van der Waals surface area contributed by atoms with Crippen molar-refractivity contribution in [1.29, 1.82) is 0 Å². The molecule has 22 heavy (non-hydrogen) atoms. The first-order chi connectivity index (χ1) is 9.66. The summed E-state index contributed by atoms with van der Waals surface area (Å²) in [6.07, 6.45) is 2.45. The van der Waals surface area contributed by atoms with Crippen LogP contribution in [0.2, 0.25) is 0 Å². The highest BCUT2D eigenvalue weighted by atomic mass is 35.5. The number of amides is 1. The van der Waals surface area contributed by atoms with E-state index in [9.17, 15) is 4.79 Å². The summed E-state index contributed by atoms with van der Waals surface area (Å²) in [7, 11) is 0. The maximum absolute atomic E-state index is 12.0. The van der Waals surface area contributed by atoms with Gasteiger partial charge in [-0.15, -0.1) is 12.4 Å². The van der Waals surface area contributed by atoms with Crippen LogP contribution in [0, 0.1) is 0 Å². The molecule has 1 rings (SSSR count). The van der Waals surface area contributed by atoms with Crippen LogP contribution in [0.15, 0.2) is 24.3 Å². The SMILES string of the molecule is CCCC(C)(N)C(=O)NCCc1ccc(C(C)(C)C)cc1.Cl. The van der Waals surface area contributed by atoms with E-state index in [-0.39, 0.29) is 23.7 Å². The van der Waals surface area contributed by atoms with Crippen LogP contribution in [0.5, 0.6) is 0 Å². The lowest BCUT2D eigenvalue weighted by atomic mass is 9.86. The summed E-state index contributed by atoms with van der Waals surface area (Å²) < 4.78 is 0. The molecule has 1 amide bonds. The van der Waals surface area contributed by atoms with Gasteiger partial charge in [-0.05, 0) is 36.3 Å². The topological polar surface area (TPSA) is 55.1 Å². The molecule has 3 N–H and O–H groups in total. The second kappa shape index (κ2) is 8.54. The number of carbonyl (C=O) groups is 1. The van der Waals surface area contributed by atoms with Crippen molar-refractivity contribution in [3.8, 4) is 0 Å². The number of hydrogen-bond acceptors (Lipinski definition) is 2. The standard InChI is InChI=1S/C18H30N2O.ClH/c1-6-12-18(5,19)16(21)20-13-11-14-7-9-15(10-8-14)17(2,3)4;/h7-10H,6,11-13,19H2,1-5H3,(H,20,21);1H. The normalized spacial score (nSPS) is 13.9. The Morgan fingerprint density at radius 1 is 1.14 bits per heavy atom. The van der Waals surface area contributed by atoms with Crippen molar-refractivity contribution in [3.05, 3.63) is 35.4 Å². The third-order valence-electron chi connectivity index (χ3n) is 3.81. The molecule has 1 aromatic carbocycles. The largest absolute Gasteiger partial charge is 0.354 e.